The number of aliphatic hydroxyl groups is 1. The molecule has 3 fully saturated rings. The van der Waals surface area contributed by atoms with Crippen LogP contribution < -0.4 is 54.1 Å². The molecule has 11 atom stereocenters. The number of ketones is 3. The number of hydrogen-bond donors (Lipinski definition) is 14. The first kappa shape index (κ1) is 65.6. The van der Waals surface area contributed by atoms with E-state index in [4.69, 9.17) is 11.5 Å². The fourth-order valence-corrected chi connectivity index (χ4v) is 14.5. The van der Waals surface area contributed by atoms with Crippen LogP contribution in [0.4, 0.5) is 0 Å². The summed E-state index contributed by atoms with van der Waals surface area (Å²) >= 11 is 9.83. The van der Waals surface area contributed by atoms with E-state index < -0.39 is 126 Å². The Morgan fingerprint density at radius 3 is 2.16 bits per heavy atom. The van der Waals surface area contributed by atoms with Crippen molar-refractivity contribution in [2.24, 2.45) is 23.3 Å². The highest BCUT2D eigenvalue weighted by Gasteiger charge is 2.39. The van der Waals surface area contributed by atoms with Crippen LogP contribution in [0, 0.1) is 11.8 Å². The van der Waals surface area contributed by atoms with Crippen LogP contribution in [0.2, 0.25) is 0 Å². The standard InChI is InChI=1S/C46H69N11O13S7/c1-23-39(63)40(64)32(17-72)50-22-77-75-19-26-12-27(42(66)54-31(16-71)35(60)21-76-74-18-26)9-11-73-20-33(44(68)53-29(41(48)65)13-25-5-7-28(59)8-6-25)52-37(62)15-49-46(70)38(24(2)58)55-43(67)30(14-36(47)61)56-57-10-3-4-34(57)45(69)51-23/h5-8,23-24,26-27,29-34,38,50,56,58-59,71-72H,3-4,9-22H2,1-2H3,(H2,47,61)(H2,48,65)(H,49,70)(H,51,69)(H,52,62)(H,53,68)(H,54,66)(H,55,67)/t23-,24+,26?,27+,29-,30?,31-,32-,33?,34-,38-/m0/s1. The molecule has 2 bridgehead atoms. The topological polar surface area (TPSA) is 380 Å². The highest BCUT2D eigenvalue weighted by atomic mass is 33.1. The van der Waals surface area contributed by atoms with Gasteiger partial charge in [-0.05, 0) is 68.9 Å². The van der Waals surface area contributed by atoms with Gasteiger partial charge in [0.15, 0.2) is 5.78 Å². The van der Waals surface area contributed by atoms with Crippen molar-refractivity contribution in [2.75, 3.05) is 59.2 Å². The molecule has 0 aliphatic carbocycles. The molecule has 3 aliphatic rings. The predicted octanol–water partition coefficient (Wildman–Crippen LogP) is -2.41. The number of nitrogens with zero attached hydrogens (tertiary/aromatic N) is 1. The second-order valence-electron chi connectivity index (χ2n) is 18.5. The molecular weight excluding hydrogens is 1140 g/mol. The number of carbonyl (C=O) groups excluding carboxylic acids is 11. The maximum Gasteiger partial charge on any atom is 0.245 e. The van der Waals surface area contributed by atoms with Crippen molar-refractivity contribution >= 4 is 145 Å². The number of aromatic hydroxyl groups is 1. The van der Waals surface area contributed by atoms with Crippen molar-refractivity contribution in [3.63, 3.8) is 0 Å². The molecule has 3 heterocycles. The van der Waals surface area contributed by atoms with Crippen LogP contribution in [0.15, 0.2) is 24.3 Å². The number of phenolic OH excluding ortho intramolecular Hbond substituents is 1. The number of Topliss-reactive ketones (excluding diaryl/α,β-unsaturated/α-hetero) is 3. The Labute approximate surface area is 477 Å². The Bertz CT molecular complexity index is 2260. The molecular formula is C46H69N11O13S7. The number of rotatable bonds is 10. The molecule has 4 rings (SSSR count). The van der Waals surface area contributed by atoms with Gasteiger partial charge in [0, 0.05) is 47.6 Å². The van der Waals surface area contributed by atoms with Crippen molar-refractivity contribution < 1.29 is 63.0 Å². The zero-order valence-corrected chi connectivity index (χ0v) is 48.3. The molecule has 0 spiro atoms. The second-order valence-corrected chi connectivity index (χ2v) is 25.4. The summed E-state index contributed by atoms with van der Waals surface area (Å²) in [4.78, 5) is 147. The highest BCUT2D eigenvalue weighted by Crippen LogP contribution is 2.34. The number of phenols is 1. The van der Waals surface area contributed by atoms with Crippen molar-refractivity contribution in [2.45, 2.75) is 107 Å². The number of thiol groups is 2. The third-order valence-corrected chi connectivity index (χ3v) is 19.0. The smallest absolute Gasteiger partial charge is 0.245 e. The number of nitrogens with two attached hydrogens (primary N) is 2. The highest BCUT2D eigenvalue weighted by molar-refractivity contribution is 8.77. The van der Waals surface area contributed by atoms with Crippen LogP contribution in [-0.2, 0) is 59.2 Å². The van der Waals surface area contributed by atoms with E-state index in [1.165, 1.54) is 98.1 Å². The number of nitrogens with one attached hydrogen (secondary N) is 8. The summed E-state index contributed by atoms with van der Waals surface area (Å²) in [7, 11) is 5.75. The van der Waals surface area contributed by atoms with Gasteiger partial charge in [-0.3, -0.25) is 58.1 Å². The molecule has 428 valence electrons. The van der Waals surface area contributed by atoms with Gasteiger partial charge >= 0.3 is 0 Å². The molecule has 77 heavy (non-hydrogen) atoms. The van der Waals surface area contributed by atoms with E-state index >= 15 is 0 Å². The predicted molar refractivity (Wildman–Crippen MR) is 305 cm³/mol. The molecule has 0 aromatic heterocycles. The quantitative estimate of drug-likeness (QED) is 0.0659. The number of fused-ring (bicyclic) bond motifs is 3. The molecule has 24 nitrogen and oxygen atoms in total. The minimum atomic E-state index is -1.72. The number of primary amides is 2. The number of amides is 8. The lowest BCUT2D eigenvalue weighted by Gasteiger charge is -2.30. The van der Waals surface area contributed by atoms with Gasteiger partial charge in [0.1, 0.15) is 36.0 Å². The Balaban J connectivity index is 1.64. The SMILES string of the molecule is C[C@@H]1NC(=O)[C@@H]2CCCN2NC(CC(N)=O)C(=O)N[C@@H]([C@@H](C)O)C(=O)NCC(=O)NC(C(=O)N[C@@H](Cc2ccc(O)cc2)C(N)=O)CSCC[C@@H]2CC(CSSCN[C@@H](CS)C(=O)C1=O)CSSCC(=O)[C@H](CS)NC2=O. The molecule has 8 amide bonds. The van der Waals surface area contributed by atoms with Gasteiger partial charge in [0.2, 0.25) is 58.8 Å². The number of aliphatic hydroxyl groups excluding tert-OH is 1. The summed E-state index contributed by atoms with van der Waals surface area (Å²) in [5.74, 6) is -7.56. The number of hydrazine groups is 1. The molecule has 3 aliphatic heterocycles. The van der Waals surface area contributed by atoms with E-state index in [0.717, 1.165) is 0 Å². The lowest BCUT2D eigenvalue weighted by Crippen LogP contribution is -2.62. The van der Waals surface area contributed by atoms with E-state index in [-0.39, 0.29) is 83.8 Å². The molecule has 3 unspecified atom stereocenters. The van der Waals surface area contributed by atoms with Crippen LogP contribution in [0.1, 0.15) is 51.5 Å². The Morgan fingerprint density at radius 1 is 0.818 bits per heavy atom. The zero-order valence-electron chi connectivity index (χ0n) is 42.4. The van der Waals surface area contributed by atoms with E-state index in [1.54, 1.807) is 0 Å². The van der Waals surface area contributed by atoms with Crippen molar-refractivity contribution in [3.8, 4) is 5.75 Å². The number of carbonyl (C=O) groups is 11. The van der Waals surface area contributed by atoms with Gasteiger partial charge in [-0.2, -0.15) is 37.0 Å². The minimum Gasteiger partial charge on any atom is -0.508 e. The number of hydrogen-bond acceptors (Lipinski definition) is 23. The Morgan fingerprint density at radius 2 is 1.51 bits per heavy atom. The molecule has 31 heteroatoms. The zero-order chi connectivity index (χ0) is 56.8. The minimum absolute atomic E-state index is 0.0314. The average molecular weight is 1210 g/mol. The van der Waals surface area contributed by atoms with Crippen LogP contribution in [0.25, 0.3) is 0 Å². The summed E-state index contributed by atoms with van der Waals surface area (Å²) in [6.07, 6.45) is -0.960. The molecule has 1 aromatic rings. The second kappa shape index (κ2) is 33.6. The summed E-state index contributed by atoms with van der Waals surface area (Å²) < 4.78 is 0. The van der Waals surface area contributed by atoms with Gasteiger partial charge in [0.05, 0.1) is 48.8 Å². The van der Waals surface area contributed by atoms with Gasteiger partial charge in [0.25, 0.3) is 0 Å². The maximum absolute atomic E-state index is 14.0. The fraction of sp³-hybridized carbons (Fsp3) is 0.630. The third-order valence-electron chi connectivity index (χ3n) is 12.4. The van der Waals surface area contributed by atoms with Crippen LogP contribution in [0.5, 0.6) is 5.75 Å². The van der Waals surface area contributed by atoms with E-state index in [9.17, 15) is 63.0 Å². The maximum atomic E-state index is 14.0. The number of benzene rings is 1. The largest absolute Gasteiger partial charge is 0.508 e. The van der Waals surface area contributed by atoms with E-state index in [0.29, 0.717) is 29.9 Å². The van der Waals surface area contributed by atoms with Crippen molar-refractivity contribution in [3.05, 3.63) is 29.8 Å². The first-order chi connectivity index (χ1) is 36.6. The van der Waals surface area contributed by atoms with Crippen LogP contribution in [0.3, 0.4) is 0 Å². The lowest BCUT2D eigenvalue weighted by atomic mass is 9.93. The monoisotopic (exact) mass is 1210 g/mol. The molecule has 0 radical (unpaired) electrons. The summed E-state index contributed by atoms with van der Waals surface area (Å²) in [6, 6.07) is -4.10. The van der Waals surface area contributed by atoms with Gasteiger partial charge in [-0.1, -0.05) is 55.3 Å². The Kier molecular flexibility index (Phi) is 28.6. The van der Waals surface area contributed by atoms with Crippen molar-refractivity contribution in [1.29, 1.82) is 0 Å². The van der Waals surface area contributed by atoms with E-state index in [2.05, 4.69) is 67.9 Å². The van der Waals surface area contributed by atoms with Crippen molar-refractivity contribution in [1.82, 2.24) is 47.7 Å². The normalized spacial score (nSPS) is 28.3. The first-order valence-corrected chi connectivity index (χ1v) is 32.0. The summed E-state index contributed by atoms with van der Waals surface area (Å²) in [6.45, 7) is 1.94. The lowest BCUT2D eigenvalue weighted by molar-refractivity contribution is -0.140. The van der Waals surface area contributed by atoms with E-state index in [1.807, 2.05) is 0 Å². The van der Waals surface area contributed by atoms with Gasteiger partial charge in [-0.25, -0.2) is 10.4 Å². The summed E-state index contributed by atoms with van der Waals surface area (Å²) in [5.41, 5.74) is 14.6. The molecule has 14 N–H and O–H groups in total. The van der Waals surface area contributed by atoms with Gasteiger partial charge in [-0.15, -0.1) is 0 Å². The molecule has 3 saturated heterocycles. The Hall–Kier alpha value is -3.92. The van der Waals surface area contributed by atoms with Crippen LogP contribution >= 0.6 is 80.2 Å². The van der Waals surface area contributed by atoms with Gasteiger partial charge < -0.3 is 53.6 Å². The number of thioether (sulfide) groups is 1. The first-order valence-electron chi connectivity index (χ1n) is 24.6. The summed E-state index contributed by atoms with van der Waals surface area (Å²) in [5, 5.41) is 40.1. The molecule has 1 aromatic carbocycles. The van der Waals surface area contributed by atoms with Crippen LogP contribution in [-0.4, -0.2) is 194 Å². The average Bonchev–Trinajstić information content (AvgIpc) is 3.85. The third kappa shape index (κ3) is 21.9. The fourth-order valence-electron chi connectivity index (χ4n) is 8.07. The molecule has 0 saturated carbocycles.